The van der Waals surface area contributed by atoms with Crippen molar-refractivity contribution in [2.75, 3.05) is 26.3 Å². The van der Waals surface area contributed by atoms with Crippen molar-refractivity contribution >= 4 is 5.84 Å². The van der Waals surface area contributed by atoms with Gasteiger partial charge in [-0.2, -0.15) is 13.2 Å². The average Bonchev–Trinajstić information content (AvgIpc) is 2.63. The molecule has 1 saturated heterocycles. The topological polar surface area (TPSA) is 36.3 Å². The van der Waals surface area contributed by atoms with Gasteiger partial charge in [0, 0.05) is 19.5 Å². The number of rotatable bonds is 4. The Bertz CT molecular complexity index is 212. The fourth-order valence-electron chi connectivity index (χ4n) is 1.50. The van der Waals surface area contributed by atoms with Crippen molar-refractivity contribution in [1.82, 2.24) is 4.90 Å². The minimum Gasteiger partial charge on any atom is -0.372 e. The smallest absolute Gasteiger partial charge is 0.372 e. The molecule has 0 aromatic heterocycles. The van der Waals surface area contributed by atoms with Crippen molar-refractivity contribution in [2.24, 2.45) is 0 Å². The van der Waals surface area contributed by atoms with E-state index in [0.29, 0.717) is 5.84 Å². The maximum absolute atomic E-state index is 11.7. The third-order valence-corrected chi connectivity index (χ3v) is 2.24. The molecular weight excluding hydrogens is 209 g/mol. The zero-order chi connectivity index (χ0) is 11.3. The monoisotopic (exact) mass is 224 g/mol. The number of nitrogens with zero attached hydrogens (tertiary/aromatic N) is 1. The van der Waals surface area contributed by atoms with E-state index in [2.05, 4.69) is 4.74 Å². The highest BCUT2D eigenvalue weighted by molar-refractivity contribution is 5.79. The van der Waals surface area contributed by atoms with Crippen LogP contribution in [-0.4, -0.2) is 43.2 Å². The molecule has 0 atom stereocenters. The van der Waals surface area contributed by atoms with Gasteiger partial charge in [0.15, 0.2) is 0 Å². The van der Waals surface area contributed by atoms with Gasteiger partial charge in [-0.05, 0) is 12.8 Å². The Labute approximate surface area is 86.7 Å². The number of ether oxygens (including phenoxy) is 1. The molecular formula is C9H15F3N2O. The van der Waals surface area contributed by atoms with Gasteiger partial charge in [-0.3, -0.25) is 5.41 Å². The molecule has 0 radical (unpaired) electrons. The second kappa shape index (κ2) is 5.34. The zero-order valence-electron chi connectivity index (χ0n) is 8.44. The fourth-order valence-corrected chi connectivity index (χ4v) is 1.50. The molecule has 0 saturated carbocycles. The zero-order valence-corrected chi connectivity index (χ0v) is 8.44. The quantitative estimate of drug-likeness (QED) is 0.450. The largest absolute Gasteiger partial charge is 0.411 e. The molecule has 0 aromatic carbocycles. The van der Waals surface area contributed by atoms with E-state index in [0.717, 1.165) is 25.9 Å². The van der Waals surface area contributed by atoms with E-state index in [1.54, 1.807) is 0 Å². The number of hydrogen-bond donors (Lipinski definition) is 1. The van der Waals surface area contributed by atoms with Gasteiger partial charge in [0.1, 0.15) is 6.61 Å². The Morgan fingerprint density at radius 1 is 1.27 bits per heavy atom. The van der Waals surface area contributed by atoms with Crippen LogP contribution < -0.4 is 0 Å². The van der Waals surface area contributed by atoms with Gasteiger partial charge >= 0.3 is 6.18 Å². The second-order valence-corrected chi connectivity index (χ2v) is 3.56. The van der Waals surface area contributed by atoms with Crippen molar-refractivity contribution in [3.05, 3.63) is 0 Å². The van der Waals surface area contributed by atoms with Gasteiger partial charge in [-0.25, -0.2) is 0 Å². The summed E-state index contributed by atoms with van der Waals surface area (Å²) >= 11 is 0. The molecule has 1 rings (SSSR count). The van der Waals surface area contributed by atoms with Crippen LogP contribution >= 0.6 is 0 Å². The first-order valence-electron chi connectivity index (χ1n) is 4.96. The van der Waals surface area contributed by atoms with Crippen LogP contribution in [0.2, 0.25) is 0 Å². The molecule has 0 bridgehead atoms. The van der Waals surface area contributed by atoms with Crippen LogP contribution in [0.3, 0.4) is 0 Å². The van der Waals surface area contributed by atoms with Gasteiger partial charge in [0.25, 0.3) is 0 Å². The lowest BCUT2D eigenvalue weighted by atomic mass is 10.4. The molecule has 6 heteroatoms. The maximum Gasteiger partial charge on any atom is 0.411 e. The molecule has 0 amide bonds. The normalized spacial score (nSPS) is 17.1. The second-order valence-electron chi connectivity index (χ2n) is 3.56. The Hall–Kier alpha value is -0.780. The lowest BCUT2D eigenvalue weighted by molar-refractivity contribution is -0.173. The highest BCUT2D eigenvalue weighted by Gasteiger charge is 2.27. The predicted molar refractivity (Wildman–Crippen MR) is 50.0 cm³/mol. The highest BCUT2D eigenvalue weighted by Crippen LogP contribution is 2.15. The third-order valence-electron chi connectivity index (χ3n) is 2.24. The number of amidine groups is 1. The van der Waals surface area contributed by atoms with Crippen LogP contribution in [0.15, 0.2) is 0 Å². The molecule has 15 heavy (non-hydrogen) atoms. The average molecular weight is 224 g/mol. The van der Waals surface area contributed by atoms with E-state index in [1.807, 2.05) is 4.90 Å². The molecule has 0 unspecified atom stereocenters. The number of nitrogens with one attached hydrogen (secondary N) is 1. The Morgan fingerprint density at radius 3 is 2.40 bits per heavy atom. The molecule has 1 N–H and O–H groups in total. The van der Waals surface area contributed by atoms with E-state index < -0.39 is 12.8 Å². The summed E-state index contributed by atoms with van der Waals surface area (Å²) in [5.41, 5.74) is 0. The number of alkyl halides is 3. The molecule has 0 aromatic rings. The van der Waals surface area contributed by atoms with Crippen molar-refractivity contribution in [3.63, 3.8) is 0 Å². The summed E-state index contributed by atoms with van der Waals surface area (Å²) < 4.78 is 39.5. The molecule has 88 valence electrons. The van der Waals surface area contributed by atoms with Crippen LogP contribution in [-0.2, 0) is 4.74 Å². The van der Waals surface area contributed by atoms with Crippen molar-refractivity contribution < 1.29 is 17.9 Å². The standard InChI is InChI=1S/C9H15F3N2O/c10-9(11,12)7-15-6-3-8(13)14-4-1-2-5-14/h13H,1-7H2. The van der Waals surface area contributed by atoms with Gasteiger partial charge in [-0.1, -0.05) is 0 Å². The summed E-state index contributed by atoms with van der Waals surface area (Å²) in [6, 6.07) is 0. The lowest BCUT2D eigenvalue weighted by Crippen LogP contribution is -2.28. The molecule has 0 spiro atoms. The summed E-state index contributed by atoms with van der Waals surface area (Å²) in [4.78, 5) is 1.89. The SMILES string of the molecule is N=C(CCOCC(F)(F)F)N1CCCC1. The van der Waals surface area contributed by atoms with E-state index in [-0.39, 0.29) is 13.0 Å². The summed E-state index contributed by atoms with van der Waals surface area (Å²) in [6.07, 6.45) is -1.89. The fraction of sp³-hybridized carbons (Fsp3) is 0.889. The van der Waals surface area contributed by atoms with Crippen LogP contribution in [0.4, 0.5) is 13.2 Å². The van der Waals surface area contributed by atoms with E-state index in [9.17, 15) is 13.2 Å². The van der Waals surface area contributed by atoms with E-state index in [4.69, 9.17) is 5.41 Å². The molecule has 1 heterocycles. The minimum atomic E-state index is -4.27. The van der Waals surface area contributed by atoms with Gasteiger partial charge in [-0.15, -0.1) is 0 Å². The van der Waals surface area contributed by atoms with Gasteiger partial charge < -0.3 is 9.64 Å². The summed E-state index contributed by atoms with van der Waals surface area (Å²) in [7, 11) is 0. The Balaban J connectivity index is 2.07. The molecule has 1 fully saturated rings. The Morgan fingerprint density at radius 2 is 1.87 bits per heavy atom. The van der Waals surface area contributed by atoms with Crippen LogP contribution in [0, 0.1) is 5.41 Å². The first-order valence-corrected chi connectivity index (χ1v) is 4.96. The van der Waals surface area contributed by atoms with Crippen molar-refractivity contribution in [3.8, 4) is 0 Å². The van der Waals surface area contributed by atoms with Crippen LogP contribution in [0.25, 0.3) is 0 Å². The summed E-state index contributed by atoms with van der Waals surface area (Å²) in [5.74, 6) is 0.384. The van der Waals surface area contributed by atoms with E-state index in [1.165, 1.54) is 0 Å². The highest BCUT2D eigenvalue weighted by atomic mass is 19.4. The first-order chi connectivity index (χ1) is 6.99. The molecule has 1 aliphatic rings. The van der Waals surface area contributed by atoms with Crippen molar-refractivity contribution in [1.29, 1.82) is 5.41 Å². The maximum atomic E-state index is 11.7. The third kappa shape index (κ3) is 5.01. The minimum absolute atomic E-state index is 0.0329. The number of halogens is 3. The van der Waals surface area contributed by atoms with Gasteiger partial charge in [0.05, 0.1) is 12.4 Å². The predicted octanol–water partition coefficient (Wildman–Crippen LogP) is 2.03. The van der Waals surface area contributed by atoms with Crippen LogP contribution in [0.5, 0.6) is 0 Å². The van der Waals surface area contributed by atoms with Crippen molar-refractivity contribution in [2.45, 2.75) is 25.4 Å². The molecule has 1 aliphatic heterocycles. The molecule has 3 nitrogen and oxygen atoms in total. The molecule has 0 aliphatic carbocycles. The first kappa shape index (κ1) is 12.3. The summed E-state index contributed by atoms with van der Waals surface area (Å²) in [5, 5.41) is 7.58. The Kier molecular flexibility index (Phi) is 4.38. The number of hydrogen-bond acceptors (Lipinski definition) is 2. The van der Waals surface area contributed by atoms with E-state index >= 15 is 0 Å². The summed E-state index contributed by atoms with van der Waals surface area (Å²) in [6.45, 7) is 0.436. The lowest BCUT2D eigenvalue weighted by Gasteiger charge is -2.18. The van der Waals surface area contributed by atoms with Gasteiger partial charge in [0.2, 0.25) is 0 Å². The number of likely N-dealkylation sites (tertiary alicyclic amines) is 1. The van der Waals surface area contributed by atoms with Crippen LogP contribution in [0.1, 0.15) is 19.3 Å².